The first-order chi connectivity index (χ1) is 4.81. The number of alkyl halides is 1. The predicted octanol–water partition coefficient (Wildman–Crippen LogP) is 0.942. The van der Waals surface area contributed by atoms with E-state index < -0.39 is 0 Å². The summed E-state index contributed by atoms with van der Waals surface area (Å²) in [5, 5.41) is 3.53. The molecule has 1 atom stereocenters. The fraction of sp³-hybridized carbons (Fsp3) is 1.00. The zero-order chi connectivity index (χ0) is 7.03. The molecule has 10 heavy (non-hydrogen) atoms. The molecule has 0 amide bonds. The van der Waals surface area contributed by atoms with Gasteiger partial charge in [-0.25, -0.2) is 0 Å². The molecule has 0 aromatic rings. The van der Waals surface area contributed by atoms with E-state index in [-0.39, 0.29) is 0 Å². The third-order valence-electron chi connectivity index (χ3n) is 2.33. The summed E-state index contributed by atoms with van der Waals surface area (Å²) in [6, 6.07) is 0. The van der Waals surface area contributed by atoms with Crippen molar-refractivity contribution in [3.8, 4) is 0 Å². The largest absolute Gasteiger partial charge is 0.377 e. The Kier molecular flexibility index (Phi) is 1.90. The van der Waals surface area contributed by atoms with Crippen molar-refractivity contribution in [2.45, 2.75) is 22.3 Å². The van der Waals surface area contributed by atoms with Gasteiger partial charge in [0.1, 0.15) is 0 Å². The van der Waals surface area contributed by atoms with Gasteiger partial charge < -0.3 is 10.1 Å². The Morgan fingerprint density at radius 1 is 1.50 bits per heavy atom. The first kappa shape index (κ1) is 7.31. The summed E-state index contributed by atoms with van der Waals surface area (Å²) in [6.07, 6.45) is 2.62. The zero-order valence-corrected chi connectivity index (χ0v) is 8.06. The van der Waals surface area contributed by atoms with E-state index in [1.165, 1.54) is 19.4 Å². The summed E-state index contributed by atoms with van der Waals surface area (Å²) >= 11 is 2.54. The minimum Gasteiger partial charge on any atom is -0.377 e. The van der Waals surface area contributed by atoms with Crippen LogP contribution in [0.3, 0.4) is 0 Å². The number of nitrogens with one attached hydrogen (secondary N) is 1. The van der Waals surface area contributed by atoms with Crippen LogP contribution in [0.15, 0.2) is 0 Å². The highest BCUT2D eigenvalue weighted by molar-refractivity contribution is 14.1. The van der Waals surface area contributed by atoms with Crippen molar-refractivity contribution in [1.29, 1.82) is 0 Å². The molecule has 2 heterocycles. The molecule has 0 radical (unpaired) electrons. The molecular weight excluding hydrogens is 241 g/mol. The maximum atomic E-state index is 5.20. The average Bonchev–Trinajstić information content (AvgIpc) is 1.85. The summed E-state index contributed by atoms with van der Waals surface area (Å²) in [7, 11) is 0. The molecule has 2 saturated heterocycles. The lowest BCUT2D eigenvalue weighted by Crippen LogP contribution is -2.64. The Labute approximate surface area is 74.8 Å². The quantitative estimate of drug-likeness (QED) is 0.512. The molecule has 0 saturated carbocycles. The van der Waals surface area contributed by atoms with Gasteiger partial charge in [0.25, 0.3) is 0 Å². The van der Waals surface area contributed by atoms with Gasteiger partial charge in [-0.05, 0) is 19.4 Å². The van der Waals surface area contributed by atoms with Gasteiger partial charge in [0.15, 0.2) is 0 Å². The smallest absolute Gasteiger partial charge is 0.0672 e. The van der Waals surface area contributed by atoms with Gasteiger partial charge in [0, 0.05) is 3.92 Å². The standard InChI is InChI=1S/C7H12INO/c8-6-1-2-9-7(3-6)4-10-5-7/h6,9H,1-5H2/t6-/m1/s1. The highest BCUT2D eigenvalue weighted by atomic mass is 127. The molecule has 3 heteroatoms. The number of ether oxygens (including phenoxy) is 1. The molecule has 2 nitrogen and oxygen atoms in total. The van der Waals surface area contributed by atoms with Crippen LogP contribution in [-0.2, 0) is 4.74 Å². The van der Waals surface area contributed by atoms with E-state index in [2.05, 4.69) is 27.9 Å². The molecule has 1 N–H and O–H groups in total. The highest BCUT2D eigenvalue weighted by Crippen LogP contribution is 2.30. The van der Waals surface area contributed by atoms with Crippen LogP contribution in [0.25, 0.3) is 0 Å². The Morgan fingerprint density at radius 2 is 2.30 bits per heavy atom. The molecule has 0 aromatic heterocycles. The van der Waals surface area contributed by atoms with Crippen LogP contribution >= 0.6 is 22.6 Å². The van der Waals surface area contributed by atoms with Crippen molar-refractivity contribution in [3.63, 3.8) is 0 Å². The topological polar surface area (TPSA) is 21.3 Å². The van der Waals surface area contributed by atoms with Gasteiger partial charge in [-0.15, -0.1) is 0 Å². The van der Waals surface area contributed by atoms with E-state index >= 15 is 0 Å². The summed E-state index contributed by atoms with van der Waals surface area (Å²) in [5.41, 5.74) is 0.393. The lowest BCUT2D eigenvalue weighted by atomic mass is 9.87. The van der Waals surface area contributed by atoms with E-state index in [4.69, 9.17) is 4.74 Å². The molecule has 1 spiro atoms. The van der Waals surface area contributed by atoms with Crippen LogP contribution in [0.2, 0.25) is 0 Å². The van der Waals surface area contributed by atoms with Crippen LogP contribution < -0.4 is 5.32 Å². The fourth-order valence-electron chi connectivity index (χ4n) is 1.66. The Morgan fingerprint density at radius 3 is 2.70 bits per heavy atom. The number of rotatable bonds is 0. The number of halogens is 1. The lowest BCUT2D eigenvalue weighted by Gasteiger charge is -2.46. The Bertz CT molecular complexity index is 136. The summed E-state index contributed by atoms with van der Waals surface area (Å²) in [4.78, 5) is 0. The van der Waals surface area contributed by atoms with Crippen LogP contribution in [0, 0.1) is 0 Å². The molecular formula is C7H12INO. The molecule has 0 aromatic carbocycles. The maximum Gasteiger partial charge on any atom is 0.0672 e. The number of hydrogen-bond donors (Lipinski definition) is 1. The average molecular weight is 253 g/mol. The van der Waals surface area contributed by atoms with Crippen molar-refractivity contribution < 1.29 is 4.74 Å². The minimum absolute atomic E-state index is 0.393. The van der Waals surface area contributed by atoms with Crippen molar-refractivity contribution in [3.05, 3.63) is 0 Å². The molecule has 58 valence electrons. The molecule has 2 aliphatic heterocycles. The predicted molar refractivity (Wildman–Crippen MR) is 48.6 cm³/mol. The van der Waals surface area contributed by atoms with Crippen molar-refractivity contribution in [2.24, 2.45) is 0 Å². The normalized spacial score (nSPS) is 37.5. The third kappa shape index (κ3) is 1.19. The maximum absolute atomic E-state index is 5.20. The van der Waals surface area contributed by atoms with Crippen LogP contribution in [-0.4, -0.2) is 29.2 Å². The van der Waals surface area contributed by atoms with Gasteiger partial charge >= 0.3 is 0 Å². The second kappa shape index (κ2) is 2.60. The van der Waals surface area contributed by atoms with Crippen molar-refractivity contribution in [2.75, 3.05) is 19.8 Å². The summed E-state index contributed by atoms with van der Waals surface area (Å²) in [6.45, 7) is 3.05. The molecule has 2 aliphatic rings. The van der Waals surface area contributed by atoms with Gasteiger partial charge in [-0.1, -0.05) is 22.6 Å². The van der Waals surface area contributed by atoms with E-state index in [9.17, 15) is 0 Å². The Balaban J connectivity index is 1.96. The summed E-state index contributed by atoms with van der Waals surface area (Å²) in [5.74, 6) is 0. The highest BCUT2D eigenvalue weighted by Gasteiger charge is 2.41. The van der Waals surface area contributed by atoms with Crippen LogP contribution in [0.4, 0.5) is 0 Å². The van der Waals surface area contributed by atoms with Gasteiger partial charge in [-0.2, -0.15) is 0 Å². The monoisotopic (exact) mass is 253 g/mol. The molecule has 2 rings (SSSR count). The van der Waals surface area contributed by atoms with Gasteiger partial charge in [0.2, 0.25) is 0 Å². The van der Waals surface area contributed by atoms with Gasteiger partial charge in [-0.3, -0.25) is 0 Å². The minimum atomic E-state index is 0.393. The summed E-state index contributed by atoms with van der Waals surface area (Å²) < 4.78 is 6.06. The number of piperidine rings is 1. The fourth-order valence-corrected chi connectivity index (χ4v) is 2.81. The van der Waals surface area contributed by atoms with Gasteiger partial charge in [0.05, 0.1) is 18.8 Å². The van der Waals surface area contributed by atoms with E-state index in [1.54, 1.807) is 0 Å². The second-order valence-electron chi connectivity index (χ2n) is 3.29. The van der Waals surface area contributed by atoms with E-state index in [1.807, 2.05) is 0 Å². The van der Waals surface area contributed by atoms with Crippen LogP contribution in [0.1, 0.15) is 12.8 Å². The molecule has 0 unspecified atom stereocenters. The zero-order valence-electron chi connectivity index (χ0n) is 5.90. The second-order valence-corrected chi connectivity index (χ2v) is 5.05. The van der Waals surface area contributed by atoms with E-state index in [0.29, 0.717) is 5.54 Å². The molecule has 2 fully saturated rings. The first-order valence-corrected chi connectivity index (χ1v) is 5.02. The first-order valence-electron chi connectivity index (χ1n) is 3.78. The molecule has 0 bridgehead atoms. The number of hydrogen-bond acceptors (Lipinski definition) is 2. The lowest BCUT2D eigenvalue weighted by molar-refractivity contribution is -0.0839. The molecule has 0 aliphatic carbocycles. The van der Waals surface area contributed by atoms with Crippen molar-refractivity contribution >= 4 is 22.6 Å². The van der Waals surface area contributed by atoms with E-state index in [0.717, 1.165) is 17.1 Å². The SMILES string of the molecule is I[C@@H]1CCNC2(COC2)C1. The Hall–Kier alpha value is 0.650. The van der Waals surface area contributed by atoms with Crippen molar-refractivity contribution in [1.82, 2.24) is 5.32 Å². The van der Waals surface area contributed by atoms with Crippen LogP contribution in [0.5, 0.6) is 0 Å². The third-order valence-corrected chi connectivity index (χ3v) is 3.39.